The van der Waals surface area contributed by atoms with Crippen molar-refractivity contribution in [1.29, 1.82) is 0 Å². The molecule has 0 aliphatic rings. The number of hydrogen-bond acceptors (Lipinski definition) is 6. The first-order valence-corrected chi connectivity index (χ1v) is 14.0. The van der Waals surface area contributed by atoms with Gasteiger partial charge in [0, 0.05) is 0 Å². The van der Waals surface area contributed by atoms with Gasteiger partial charge in [0.25, 0.3) is 0 Å². The predicted molar refractivity (Wildman–Crippen MR) is 160 cm³/mol. The molecule has 0 bridgehead atoms. The first kappa shape index (κ1) is 33.8. The van der Waals surface area contributed by atoms with Gasteiger partial charge in [-0.3, -0.25) is 4.79 Å². The molecule has 0 radical (unpaired) electrons. The molecule has 4 atom stereocenters. The molecule has 0 saturated heterocycles. The molecule has 4 N–H and O–H groups in total. The zero-order chi connectivity index (χ0) is 31.0. The van der Waals surface area contributed by atoms with E-state index in [2.05, 4.69) is 5.32 Å². The highest BCUT2D eigenvalue weighted by atomic mass is 16.6. The Hall–Kier alpha value is -3.36. The Morgan fingerprint density at radius 3 is 2.02 bits per heavy atom. The molecule has 0 aliphatic heterocycles. The Kier molecular flexibility index (Phi) is 12.0. The Balaban J connectivity index is 2.22. The molecule has 8 heteroatoms. The fourth-order valence-electron chi connectivity index (χ4n) is 4.53. The molecule has 0 heterocycles. The topological polar surface area (TPSA) is 125 Å². The van der Waals surface area contributed by atoms with Crippen LogP contribution in [0.5, 0.6) is 5.75 Å². The average molecular weight is 570 g/mol. The highest BCUT2D eigenvalue weighted by molar-refractivity contribution is 5.71. The van der Waals surface area contributed by atoms with E-state index >= 15 is 0 Å². The van der Waals surface area contributed by atoms with Crippen molar-refractivity contribution in [2.24, 2.45) is 5.92 Å². The second-order valence-electron chi connectivity index (χ2n) is 12.6. The molecule has 0 aliphatic carbocycles. The van der Waals surface area contributed by atoms with Crippen LogP contribution in [0.2, 0.25) is 0 Å². The van der Waals surface area contributed by atoms with Crippen LogP contribution in [0.4, 0.5) is 4.79 Å². The lowest BCUT2D eigenvalue weighted by molar-refractivity contribution is -0.144. The molecule has 0 aromatic heterocycles. The van der Waals surface area contributed by atoms with Crippen molar-refractivity contribution in [3.05, 3.63) is 76.9 Å². The predicted octanol–water partition coefficient (Wildman–Crippen LogP) is 5.53. The maximum Gasteiger partial charge on any atom is 0.407 e. The Morgan fingerprint density at radius 2 is 1.51 bits per heavy atom. The minimum Gasteiger partial charge on any atom is -0.488 e. The molecule has 0 spiro atoms. The van der Waals surface area contributed by atoms with E-state index in [1.165, 1.54) is 6.08 Å². The number of amides is 1. The standard InChI is InChI=1S/C33H47NO7/c1-21-17-24(40-32(3,4)5)18-22(2)25(21)20-27(34-31(39)41-33(6,7)8)29(36)16-12-15-28(35)26(30(37)38)19-23-13-10-9-11-14-23/h9-15,17-18,26-29,35-36H,16,19-20H2,1-8H3,(H,34,39)(H,37,38)/t26-,27+,28+,29+/m1/s1. The summed E-state index contributed by atoms with van der Waals surface area (Å²) in [6, 6.07) is 12.3. The summed E-state index contributed by atoms with van der Waals surface area (Å²) >= 11 is 0. The first-order chi connectivity index (χ1) is 18.9. The van der Waals surface area contributed by atoms with Gasteiger partial charge in [-0.1, -0.05) is 42.5 Å². The van der Waals surface area contributed by atoms with Gasteiger partial charge in [-0.05, 0) is 109 Å². The number of carbonyl (C=O) groups is 2. The number of carbonyl (C=O) groups excluding carboxylic acids is 1. The second kappa shape index (κ2) is 14.5. The van der Waals surface area contributed by atoms with Crippen molar-refractivity contribution in [2.75, 3.05) is 0 Å². The number of benzene rings is 2. The monoisotopic (exact) mass is 569 g/mol. The number of aliphatic carboxylic acids is 1. The van der Waals surface area contributed by atoms with E-state index in [9.17, 15) is 24.9 Å². The third-order valence-electron chi connectivity index (χ3n) is 6.42. The summed E-state index contributed by atoms with van der Waals surface area (Å²) in [4.78, 5) is 24.5. The minimum absolute atomic E-state index is 0.0819. The van der Waals surface area contributed by atoms with Crippen LogP contribution < -0.4 is 10.1 Å². The second-order valence-corrected chi connectivity index (χ2v) is 12.6. The number of carboxylic acids is 1. The molecule has 1 amide bonds. The van der Waals surface area contributed by atoms with Crippen molar-refractivity contribution >= 4 is 12.1 Å². The van der Waals surface area contributed by atoms with Gasteiger partial charge in [0.2, 0.25) is 0 Å². The van der Waals surface area contributed by atoms with Crippen LogP contribution in [0.25, 0.3) is 0 Å². The number of carboxylic acid groups (broad SMARTS) is 1. The summed E-state index contributed by atoms with van der Waals surface area (Å²) in [6.45, 7) is 15.2. The summed E-state index contributed by atoms with van der Waals surface area (Å²) < 4.78 is 11.5. The highest BCUT2D eigenvalue weighted by Crippen LogP contribution is 2.27. The van der Waals surface area contributed by atoms with Gasteiger partial charge in [0.1, 0.15) is 17.0 Å². The SMILES string of the molecule is Cc1cc(OC(C)(C)C)cc(C)c1C[C@H](NC(=O)OC(C)(C)C)[C@@H](O)CC=C[C@H](O)[C@@H](Cc1ccccc1)C(=O)O. The third-order valence-corrected chi connectivity index (χ3v) is 6.42. The third kappa shape index (κ3) is 12.0. The summed E-state index contributed by atoms with van der Waals surface area (Å²) in [5.74, 6) is -1.41. The number of alkyl carbamates (subject to hydrolysis) is 1. The van der Waals surface area contributed by atoms with E-state index in [0.29, 0.717) is 6.42 Å². The molecular weight excluding hydrogens is 522 g/mol. The van der Waals surface area contributed by atoms with Gasteiger partial charge in [0.15, 0.2) is 0 Å². The van der Waals surface area contributed by atoms with E-state index in [4.69, 9.17) is 9.47 Å². The van der Waals surface area contributed by atoms with Gasteiger partial charge < -0.3 is 30.1 Å². The van der Waals surface area contributed by atoms with Gasteiger partial charge in [-0.25, -0.2) is 4.79 Å². The van der Waals surface area contributed by atoms with Crippen molar-refractivity contribution in [1.82, 2.24) is 5.32 Å². The number of nitrogens with one attached hydrogen (secondary N) is 1. The summed E-state index contributed by atoms with van der Waals surface area (Å²) in [7, 11) is 0. The number of hydrogen-bond donors (Lipinski definition) is 4. The van der Waals surface area contributed by atoms with Crippen LogP contribution in [0, 0.1) is 19.8 Å². The molecule has 0 saturated carbocycles. The van der Waals surface area contributed by atoms with E-state index in [-0.39, 0.29) is 18.4 Å². The summed E-state index contributed by atoms with van der Waals surface area (Å²) in [5, 5.41) is 34.3. The normalized spacial score (nSPS) is 15.2. The molecule has 2 aromatic rings. The number of aliphatic hydroxyl groups excluding tert-OH is 2. The van der Waals surface area contributed by atoms with Crippen LogP contribution in [-0.2, 0) is 22.4 Å². The number of ether oxygens (including phenoxy) is 2. The Bertz CT molecular complexity index is 1160. The molecule has 226 valence electrons. The molecule has 2 aromatic carbocycles. The maximum absolute atomic E-state index is 12.7. The van der Waals surface area contributed by atoms with Crippen LogP contribution in [0.3, 0.4) is 0 Å². The van der Waals surface area contributed by atoms with Crippen molar-refractivity contribution < 1.29 is 34.4 Å². The van der Waals surface area contributed by atoms with Crippen LogP contribution in [0.15, 0.2) is 54.6 Å². The lowest BCUT2D eigenvalue weighted by Crippen LogP contribution is -2.46. The van der Waals surface area contributed by atoms with E-state index in [1.54, 1.807) is 26.8 Å². The van der Waals surface area contributed by atoms with Gasteiger partial charge in [-0.15, -0.1) is 0 Å². The largest absolute Gasteiger partial charge is 0.488 e. The molecule has 2 rings (SSSR count). The molecule has 0 fully saturated rings. The van der Waals surface area contributed by atoms with Crippen LogP contribution in [0.1, 0.15) is 70.2 Å². The minimum atomic E-state index is -1.25. The lowest BCUT2D eigenvalue weighted by atomic mass is 9.91. The molecule has 0 unspecified atom stereocenters. The van der Waals surface area contributed by atoms with E-state index in [0.717, 1.165) is 28.0 Å². The fourth-order valence-corrected chi connectivity index (χ4v) is 4.53. The lowest BCUT2D eigenvalue weighted by Gasteiger charge is -2.28. The number of rotatable bonds is 12. The average Bonchev–Trinajstić information content (AvgIpc) is 2.82. The van der Waals surface area contributed by atoms with E-state index < -0.39 is 41.8 Å². The highest BCUT2D eigenvalue weighted by Gasteiger charge is 2.27. The number of aryl methyl sites for hydroxylation is 2. The maximum atomic E-state index is 12.7. The zero-order valence-corrected chi connectivity index (χ0v) is 25.6. The van der Waals surface area contributed by atoms with E-state index in [1.807, 2.05) is 77.1 Å². The first-order valence-electron chi connectivity index (χ1n) is 14.0. The molecule has 41 heavy (non-hydrogen) atoms. The van der Waals surface area contributed by atoms with Crippen molar-refractivity contribution in [3.8, 4) is 5.75 Å². The van der Waals surface area contributed by atoms with Crippen LogP contribution in [-0.4, -0.2) is 56.8 Å². The number of aliphatic hydroxyl groups is 2. The smallest absolute Gasteiger partial charge is 0.407 e. The zero-order valence-electron chi connectivity index (χ0n) is 25.6. The quantitative estimate of drug-likeness (QED) is 0.248. The van der Waals surface area contributed by atoms with Gasteiger partial charge >= 0.3 is 12.1 Å². The fraction of sp³-hybridized carbons (Fsp3) is 0.515. The van der Waals surface area contributed by atoms with Crippen molar-refractivity contribution in [2.45, 2.75) is 104 Å². The van der Waals surface area contributed by atoms with Gasteiger partial charge in [-0.2, -0.15) is 0 Å². The summed E-state index contributed by atoms with van der Waals surface area (Å²) in [5.41, 5.74) is 2.62. The molecular formula is C33H47NO7. The Morgan fingerprint density at radius 1 is 0.927 bits per heavy atom. The Labute approximate surface area is 244 Å². The molecule has 8 nitrogen and oxygen atoms in total. The summed E-state index contributed by atoms with van der Waals surface area (Å²) in [6.07, 6.45) is 0.590. The van der Waals surface area contributed by atoms with Crippen molar-refractivity contribution in [3.63, 3.8) is 0 Å². The van der Waals surface area contributed by atoms with Crippen LogP contribution >= 0.6 is 0 Å². The van der Waals surface area contributed by atoms with Gasteiger partial charge in [0.05, 0.1) is 24.2 Å².